The lowest BCUT2D eigenvalue weighted by molar-refractivity contribution is 0.144. The van der Waals surface area contributed by atoms with Gasteiger partial charge in [-0.25, -0.2) is 0 Å². The standard InChI is InChI=1S/C13H15ClN2O/c14-11-4-3-10(9-15)13(8-11)16-12-2-1-6-17-7-5-12/h3-4,8,12,16H,1-2,5-7H2. The molecule has 0 saturated carbocycles. The second kappa shape index (κ2) is 5.90. The van der Waals surface area contributed by atoms with E-state index in [1.54, 1.807) is 12.1 Å². The highest BCUT2D eigenvalue weighted by Crippen LogP contribution is 2.23. The van der Waals surface area contributed by atoms with Crippen LogP contribution < -0.4 is 5.32 Å². The summed E-state index contributed by atoms with van der Waals surface area (Å²) in [4.78, 5) is 0. The fourth-order valence-electron chi connectivity index (χ4n) is 2.00. The Balaban J connectivity index is 2.11. The number of ether oxygens (including phenoxy) is 1. The number of nitrogens with one attached hydrogen (secondary N) is 1. The predicted molar refractivity (Wildman–Crippen MR) is 68.2 cm³/mol. The molecule has 2 rings (SSSR count). The van der Waals surface area contributed by atoms with Crippen molar-refractivity contribution in [1.82, 2.24) is 0 Å². The molecule has 0 aliphatic carbocycles. The summed E-state index contributed by atoms with van der Waals surface area (Å²) in [5.41, 5.74) is 1.46. The van der Waals surface area contributed by atoms with Gasteiger partial charge in [-0.15, -0.1) is 0 Å². The smallest absolute Gasteiger partial charge is 0.101 e. The zero-order valence-corrected chi connectivity index (χ0v) is 10.3. The van der Waals surface area contributed by atoms with E-state index in [0.717, 1.165) is 38.2 Å². The number of nitrogens with zero attached hydrogens (tertiary/aromatic N) is 1. The van der Waals surface area contributed by atoms with E-state index in [9.17, 15) is 0 Å². The first-order valence-electron chi connectivity index (χ1n) is 5.83. The Morgan fingerprint density at radius 2 is 2.24 bits per heavy atom. The zero-order valence-electron chi connectivity index (χ0n) is 9.58. The molecule has 0 aromatic heterocycles. The van der Waals surface area contributed by atoms with Crippen LogP contribution in [0.25, 0.3) is 0 Å². The number of hydrogen-bond donors (Lipinski definition) is 1. The van der Waals surface area contributed by atoms with Crippen molar-refractivity contribution in [3.05, 3.63) is 28.8 Å². The molecule has 1 N–H and O–H groups in total. The minimum absolute atomic E-state index is 0.364. The molecule has 90 valence electrons. The Labute approximate surface area is 106 Å². The van der Waals surface area contributed by atoms with Crippen LogP contribution in [0, 0.1) is 11.3 Å². The lowest BCUT2D eigenvalue weighted by atomic mass is 10.1. The molecule has 0 spiro atoms. The molecule has 1 aromatic carbocycles. The third-order valence-corrected chi connectivity index (χ3v) is 3.15. The van der Waals surface area contributed by atoms with Gasteiger partial charge in [0.15, 0.2) is 0 Å². The average Bonchev–Trinajstić information content (AvgIpc) is 2.58. The van der Waals surface area contributed by atoms with Crippen molar-refractivity contribution in [2.24, 2.45) is 0 Å². The summed E-state index contributed by atoms with van der Waals surface area (Å²) in [5.74, 6) is 0. The van der Waals surface area contributed by atoms with E-state index in [-0.39, 0.29) is 0 Å². The van der Waals surface area contributed by atoms with Gasteiger partial charge in [-0.1, -0.05) is 11.6 Å². The first kappa shape index (κ1) is 12.2. The summed E-state index contributed by atoms with van der Waals surface area (Å²) in [6.07, 6.45) is 3.09. The molecule has 4 heteroatoms. The van der Waals surface area contributed by atoms with Crippen LogP contribution in [-0.2, 0) is 4.74 Å². The quantitative estimate of drug-likeness (QED) is 0.877. The van der Waals surface area contributed by atoms with Crippen LogP contribution >= 0.6 is 11.6 Å². The summed E-state index contributed by atoms with van der Waals surface area (Å²) in [6.45, 7) is 1.61. The normalized spacial score (nSPS) is 20.4. The van der Waals surface area contributed by atoms with Gasteiger partial charge in [-0.05, 0) is 37.5 Å². The second-order valence-corrected chi connectivity index (χ2v) is 4.62. The first-order chi connectivity index (χ1) is 8.29. The highest BCUT2D eigenvalue weighted by atomic mass is 35.5. The van der Waals surface area contributed by atoms with Gasteiger partial charge in [-0.3, -0.25) is 0 Å². The van der Waals surface area contributed by atoms with E-state index in [1.807, 2.05) is 6.07 Å². The van der Waals surface area contributed by atoms with Crippen molar-refractivity contribution < 1.29 is 4.74 Å². The summed E-state index contributed by atoms with van der Waals surface area (Å²) < 4.78 is 5.41. The maximum Gasteiger partial charge on any atom is 0.101 e. The van der Waals surface area contributed by atoms with E-state index in [1.165, 1.54) is 0 Å². The number of halogens is 1. The van der Waals surface area contributed by atoms with Crippen molar-refractivity contribution in [2.75, 3.05) is 18.5 Å². The van der Waals surface area contributed by atoms with Crippen LogP contribution in [0.5, 0.6) is 0 Å². The van der Waals surface area contributed by atoms with E-state index >= 15 is 0 Å². The molecule has 1 heterocycles. The molecule has 3 nitrogen and oxygen atoms in total. The minimum atomic E-state index is 0.364. The zero-order chi connectivity index (χ0) is 12.1. The molecule has 1 aliphatic heterocycles. The number of nitriles is 1. The molecule has 1 atom stereocenters. The SMILES string of the molecule is N#Cc1ccc(Cl)cc1NC1CCCOCC1. The third-order valence-electron chi connectivity index (χ3n) is 2.91. The number of benzene rings is 1. The van der Waals surface area contributed by atoms with E-state index in [4.69, 9.17) is 21.6 Å². The fraction of sp³-hybridized carbons (Fsp3) is 0.462. The Kier molecular flexibility index (Phi) is 4.24. The molecule has 1 aromatic rings. The van der Waals surface area contributed by atoms with Crippen LogP contribution in [0.3, 0.4) is 0 Å². The number of anilines is 1. The monoisotopic (exact) mass is 250 g/mol. The van der Waals surface area contributed by atoms with Gasteiger partial charge < -0.3 is 10.1 Å². The molecule has 1 aliphatic rings. The van der Waals surface area contributed by atoms with Gasteiger partial charge >= 0.3 is 0 Å². The van der Waals surface area contributed by atoms with Gasteiger partial charge in [0, 0.05) is 24.3 Å². The molecule has 0 amide bonds. The average molecular weight is 251 g/mol. The highest BCUT2D eigenvalue weighted by Gasteiger charge is 2.13. The van der Waals surface area contributed by atoms with Crippen LogP contribution in [0.1, 0.15) is 24.8 Å². The van der Waals surface area contributed by atoms with Crippen LogP contribution in [0.2, 0.25) is 5.02 Å². The minimum Gasteiger partial charge on any atom is -0.381 e. The summed E-state index contributed by atoms with van der Waals surface area (Å²) >= 11 is 5.95. The van der Waals surface area contributed by atoms with E-state index in [2.05, 4.69) is 11.4 Å². The molecular weight excluding hydrogens is 236 g/mol. The molecule has 0 bridgehead atoms. The lowest BCUT2D eigenvalue weighted by Crippen LogP contribution is -2.20. The molecule has 1 fully saturated rings. The highest BCUT2D eigenvalue weighted by molar-refractivity contribution is 6.30. The summed E-state index contributed by atoms with van der Waals surface area (Å²) in [5, 5.41) is 13.1. The van der Waals surface area contributed by atoms with Crippen molar-refractivity contribution in [3.8, 4) is 6.07 Å². The summed E-state index contributed by atoms with van der Waals surface area (Å²) in [6, 6.07) is 7.84. The van der Waals surface area contributed by atoms with E-state index in [0.29, 0.717) is 16.6 Å². The van der Waals surface area contributed by atoms with Crippen molar-refractivity contribution in [2.45, 2.75) is 25.3 Å². The summed E-state index contributed by atoms with van der Waals surface area (Å²) in [7, 11) is 0. The maximum atomic E-state index is 9.04. The fourth-order valence-corrected chi connectivity index (χ4v) is 2.17. The molecular formula is C13H15ClN2O. The second-order valence-electron chi connectivity index (χ2n) is 4.19. The number of hydrogen-bond acceptors (Lipinski definition) is 3. The van der Waals surface area contributed by atoms with Gasteiger partial charge in [0.1, 0.15) is 6.07 Å². The van der Waals surface area contributed by atoms with Crippen molar-refractivity contribution in [1.29, 1.82) is 5.26 Å². The van der Waals surface area contributed by atoms with Crippen molar-refractivity contribution >= 4 is 17.3 Å². The Hall–Kier alpha value is -1.24. The maximum absolute atomic E-state index is 9.04. The van der Waals surface area contributed by atoms with Gasteiger partial charge in [-0.2, -0.15) is 5.26 Å². The van der Waals surface area contributed by atoms with E-state index < -0.39 is 0 Å². The third kappa shape index (κ3) is 3.36. The predicted octanol–water partition coefficient (Wildman–Crippen LogP) is 3.19. The lowest BCUT2D eigenvalue weighted by Gasteiger charge is -2.18. The molecule has 17 heavy (non-hydrogen) atoms. The topological polar surface area (TPSA) is 45.0 Å². The van der Waals surface area contributed by atoms with Crippen LogP contribution in [0.4, 0.5) is 5.69 Å². The largest absolute Gasteiger partial charge is 0.381 e. The molecule has 0 radical (unpaired) electrons. The van der Waals surface area contributed by atoms with Crippen molar-refractivity contribution in [3.63, 3.8) is 0 Å². The number of rotatable bonds is 2. The molecule has 1 unspecified atom stereocenters. The van der Waals surface area contributed by atoms with Crippen LogP contribution in [0.15, 0.2) is 18.2 Å². The molecule has 1 saturated heterocycles. The van der Waals surface area contributed by atoms with Gasteiger partial charge in [0.05, 0.1) is 11.3 Å². The Bertz CT molecular complexity index is 420. The van der Waals surface area contributed by atoms with Gasteiger partial charge in [0.25, 0.3) is 0 Å². The Morgan fingerprint density at radius 3 is 3.06 bits per heavy atom. The first-order valence-corrected chi connectivity index (χ1v) is 6.21. The van der Waals surface area contributed by atoms with Gasteiger partial charge in [0.2, 0.25) is 0 Å². The van der Waals surface area contributed by atoms with Crippen LogP contribution in [-0.4, -0.2) is 19.3 Å². The Morgan fingerprint density at radius 1 is 1.35 bits per heavy atom.